The Bertz CT molecular complexity index is 407. The zero-order valence-electron chi connectivity index (χ0n) is 7.77. The summed E-state index contributed by atoms with van der Waals surface area (Å²) >= 11 is 17.4. The molecule has 0 saturated carbocycles. The lowest BCUT2D eigenvalue weighted by atomic mass is 10.2. The van der Waals surface area contributed by atoms with Crippen LogP contribution in [0.4, 0.5) is 5.69 Å². The molecule has 0 radical (unpaired) electrons. The van der Waals surface area contributed by atoms with Gasteiger partial charge < -0.3 is 10.4 Å². The van der Waals surface area contributed by atoms with Crippen LogP contribution in [0.1, 0.15) is 17.3 Å². The summed E-state index contributed by atoms with van der Waals surface area (Å²) in [6.45, 7) is 2.47. The van der Waals surface area contributed by atoms with E-state index in [0.717, 1.165) is 0 Å². The molecule has 0 bridgehead atoms. The molecule has 0 aromatic heterocycles. The van der Waals surface area contributed by atoms with Gasteiger partial charge in [-0.15, -0.1) is 0 Å². The molecule has 1 aromatic carbocycles. The van der Waals surface area contributed by atoms with Gasteiger partial charge in [-0.2, -0.15) is 0 Å². The molecule has 0 aliphatic heterocycles. The molecule has 0 heterocycles. The second-order valence-corrected chi connectivity index (χ2v) is 3.91. The Hall–Kier alpha value is -0.640. The summed E-state index contributed by atoms with van der Waals surface area (Å²) in [5.74, 6) is -1.20. The zero-order valence-corrected chi connectivity index (χ0v) is 10.0. The predicted molar refractivity (Wildman–Crippen MR) is 62.6 cm³/mol. The fourth-order valence-electron chi connectivity index (χ4n) is 1.11. The standard InChI is InChI=1S/C9H8Cl3NO2/c1-2-13-5-3-4(10)7(11)6(8(5)12)9(14)15/h3,13H,2H2,1H3,(H,14,15). The number of carbonyl (C=O) groups is 1. The number of carboxylic acids is 1. The van der Waals surface area contributed by atoms with Gasteiger partial charge in [-0.1, -0.05) is 34.8 Å². The van der Waals surface area contributed by atoms with Crippen LogP contribution >= 0.6 is 34.8 Å². The largest absolute Gasteiger partial charge is 0.478 e. The Morgan fingerprint density at radius 3 is 2.47 bits per heavy atom. The molecule has 1 aromatic rings. The molecule has 6 heteroatoms. The zero-order chi connectivity index (χ0) is 11.6. The van der Waals surface area contributed by atoms with E-state index in [0.29, 0.717) is 12.2 Å². The van der Waals surface area contributed by atoms with Crippen LogP contribution in [0.3, 0.4) is 0 Å². The number of halogens is 3. The summed E-state index contributed by atoms with van der Waals surface area (Å²) in [6.07, 6.45) is 0. The van der Waals surface area contributed by atoms with Gasteiger partial charge in [0.15, 0.2) is 0 Å². The Morgan fingerprint density at radius 2 is 2.00 bits per heavy atom. The SMILES string of the molecule is CCNc1cc(Cl)c(Cl)c(C(=O)O)c1Cl. The molecule has 82 valence electrons. The molecule has 0 aliphatic rings. The Labute approximate surface area is 102 Å². The van der Waals surface area contributed by atoms with Crippen LogP contribution < -0.4 is 5.32 Å². The number of anilines is 1. The van der Waals surface area contributed by atoms with Crippen LogP contribution in [0.25, 0.3) is 0 Å². The summed E-state index contributed by atoms with van der Waals surface area (Å²) in [5.41, 5.74) is 0.285. The van der Waals surface area contributed by atoms with Crippen molar-refractivity contribution in [3.63, 3.8) is 0 Å². The molecule has 0 aliphatic carbocycles. The van der Waals surface area contributed by atoms with Gasteiger partial charge in [0.1, 0.15) is 5.56 Å². The molecular formula is C9H8Cl3NO2. The number of aromatic carboxylic acids is 1. The lowest BCUT2D eigenvalue weighted by molar-refractivity contribution is 0.0697. The Kier molecular flexibility index (Phi) is 4.08. The quantitative estimate of drug-likeness (QED) is 0.820. The van der Waals surface area contributed by atoms with Gasteiger partial charge in [-0.05, 0) is 13.0 Å². The van der Waals surface area contributed by atoms with Gasteiger partial charge in [0.25, 0.3) is 0 Å². The van der Waals surface area contributed by atoms with Crippen molar-refractivity contribution in [1.82, 2.24) is 0 Å². The van der Waals surface area contributed by atoms with Gasteiger partial charge in [-0.3, -0.25) is 0 Å². The van der Waals surface area contributed by atoms with Crippen LogP contribution in [0.15, 0.2) is 6.07 Å². The number of hydrogen-bond donors (Lipinski definition) is 2. The van der Waals surface area contributed by atoms with E-state index in [9.17, 15) is 4.79 Å². The molecule has 0 unspecified atom stereocenters. The Morgan fingerprint density at radius 1 is 1.40 bits per heavy atom. The number of benzene rings is 1. The van der Waals surface area contributed by atoms with Crippen molar-refractivity contribution in [2.24, 2.45) is 0 Å². The number of carboxylic acid groups (broad SMARTS) is 1. The van der Waals surface area contributed by atoms with Crippen LogP contribution in [-0.2, 0) is 0 Å². The molecule has 0 fully saturated rings. The second-order valence-electron chi connectivity index (χ2n) is 2.74. The fraction of sp³-hybridized carbons (Fsp3) is 0.222. The highest BCUT2D eigenvalue weighted by Crippen LogP contribution is 2.37. The fourth-order valence-corrected chi connectivity index (χ4v) is 1.89. The molecule has 1 rings (SSSR count). The Balaban J connectivity index is 3.42. The average molecular weight is 269 g/mol. The van der Waals surface area contributed by atoms with Gasteiger partial charge in [0.05, 0.1) is 20.8 Å². The van der Waals surface area contributed by atoms with Crippen molar-refractivity contribution in [3.8, 4) is 0 Å². The molecule has 15 heavy (non-hydrogen) atoms. The van der Waals surface area contributed by atoms with E-state index in [1.807, 2.05) is 6.92 Å². The maximum atomic E-state index is 10.9. The highest BCUT2D eigenvalue weighted by molar-refractivity contribution is 6.47. The lowest BCUT2D eigenvalue weighted by Crippen LogP contribution is -2.04. The first-order chi connectivity index (χ1) is 6.99. The van der Waals surface area contributed by atoms with E-state index in [1.165, 1.54) is 6.07 Å². The molecular weight excluding hydrogens is 260 g/mol. The normalized spacial score (nSPS) is 10.1. The van der Waals surface area contributed by atoms with Crippen molar-refractivity contribution in [3.05, 3.63) is 26.7 Å². The first-order valence-electron chi connectivity index (χ1n) is 4.13. The smallest absolute Gasteiger partial charge is 0.338 e. The summed E-state index contributed by atoms with van der Waals surface area (Å²) in [7, 11) is 0. The van der Waals surface area contributed by atoms with E-state index >= 15 is 0 Å². The van der Waals surface area contributed by atoms with E-state index in [4.69, 9.17) is 39.9 Å². The first-order valence-corrected chi connectivity index (χ1v) is 5.27. The van der Waals surface area contributed by atoms with Gasteiger partial charge in [0, 0.05) is 6.54 Å². The lowest BCUT2D eigenvalue weighted by Gasteiger charge is -2.11. The van der Waals surface area contributed by atoms with E-state index < -0.39 is 5.97 Å². The highest BCUT2D eigenvalue weighted by Gasteiger charge is 2.19. The number of nitrogens with one attached hydrogen (secondary N) is 1. The van der Waals surface area contributed by atoms with Crippen molar-refractivity contribution >= 4 is 46.5 Å². The van der Waals surface area contributed by atoms with Crippen LogP contribution in [0.2, 0.25) is 15.1 Å². The van der Waals surface area contributed by atoms with Crippen molar-refractivity contribution in [2.75, 3.05) is 11.9 Å². The van der Waals surface area contributed by atoms with Crippen LogP contribution in [-0.4, -0.2) is 17.6 Å². The van der Waals surface area contributed by atoms with Crippen molar-refractivity contribution in [2.45, 2.75) is 6.92 Å². The molecule has 0 spiro atoms. The van der Waals surface area contributed by atoms with E-state index in [1.54, 1.807) is 0 Å². The van der Waals surface area contributed by atoms with Gasteiger partial charge in [0.2, 0.25) is 0 Å². The molecule has 0 amide bonds. The third kappa shape index (κ3) is 2.48. The first kappa shape index (κ1) is 12.4. The topological polar surface area (TPSA) is 49.3 Å². The molecule has 0 saturated heterocycles. The van der Waals surface area contributed by atoms with E-state index in [2.05, 4.69) is 5.32 Å². The van der Waals surface area contributed by atoms with Crippen molar-refractivity contribution in [1.29, 1.82) is 0 Å². The third-order valence-electron chi connectivity index (χ3n) is 1.74. The molecule has 2 N–H and O–H groups in total. The highest BCUT2D eigenvalue weighted by atomic mass is 35.5. The summed E-state index contributed by atoms with van der Waals surface area (Å²) in [5, 5.41) is 12.0. The van der Waals surface area contributed by atoms with Gasteiger partial charge in [-0.25, -0.2) is 4.79 Å². The maximum absolute atomic E-state index is 10.9. The van der Waals surface area contributed by atoms with E-state index in [-0.39, 0.29) is 20.6 Å². The summed E-state index contributed by atoms with van der Waals surface area (Å²) in [4.78, 5) is 10.9. The average Bonchev–Trinajstić information content (AvgIpc) is 2.14. The third-order valence-corrected chi connectivity index (χ3v) is 2.92. The van der Waals surface area contributed by atoms with Crippen LogP contribution in [0, 0.1) is 0 Å². The predicted octanol–water partition coefficient (Wildman–Crippen LogP) is 3.78. The number of hydrogen-bond acceptors (Lipinski definition) is 2. The maximum Gasteiger partial charge on any atom is 0.338 e. The minimum absolute atomic E-state index is 0.0455. The minimum Gasteiger partial charge on any atom is -0.478 e. The second kappa shape index (κ2) is 4.92. The minimum atomic E-state index is -1.20. The summed E-state index contributed by atoms with van der Waals surface area (Å²) in [6, 6.07) is 1.50. The molecule has 0 atom stereocenters. The monoisotopic (exact) mass is 267 g/mol. The van der Waals surface area contributed by atoms with Crippen LogP contribution in [0.5, 0.6) is 0 Å². The van der Waals surface area contributed by atoms with Crippen molar-refractivity contribution < 1.29 is 9.90 Å². The summed E-state index contributed by atoms with van der Waals surface area (Å²) < 4.78 is 0. The number of rotatable bonds is 3. The van der Waals surface area contributed by atoms with Gasteiger partial charge >= 0.3 is 5.97 Å². The molecule has 3 nitrogen and oxygen atoms in total.